The van der Waals surface area contributed by atoms with Crippen molar-refractivity contribution in [3.63, 3.8) is 0 Å². The van der Waals surface area contributed by atoms with E-state index in [9.17, 15) is 72.5 Å². The smallest absolute Gasteiger partial charge is 0.423 e. The Labute approximate surface area is 376 Å². The van der Waals surface area contributed by atoms with E-state index in [2.05, 4.69) is 16.0 Å². The number of carboxylic acids is 3. The van der Waals surface area contributed by atoms with Crippen molar-refractivity contribution < 1.29 is 81.5 Å². The van der Waals surface area contributed by atoms with E-state index >= 15 is 0 Å². The molecular formula is C40H55F3N8O15. The number of hydrogen-bond donors (Lipinski definition) is 7. The molecule has 7 N–H and O–H groups in total. The number of aliphatic carboxylic acids is 3. The highest BCUT2D eigenvalue weighted by atomic mass is 19.4. The number of rotatable bonds is 24. The second-order valence-electron chi connectivity index (χ2n) is 15.1. The van der Waals surface area contributed by atoms with E-state index in [1.54, 1.807) is 19.6 Å². The number of carbonyl (C=O) groups excluding carboxylic acids is 3. The van der Waals surface area contributed by atoms with E-state index in [1.165, 1.54) is 24.3 Å². The standard InChI is InChI=1S/C40H55F3N8O15/c1-39(61,38(60)46-29-4-7-32(51(62)63)31(22-29)40(41,42)43)27-66-30-5-2-28(3-6-30)37(59)45-9-19-65-21-20-64-18-8-44-33(52)23-47-10-12-48(24-34(53)54)14-16-50(26-36(57)58)17-15-49(13-11-47)25-35(55)56/h2-7,22,61H,8-21,23-27H2,1H3,(H,44,52)(H,45,59)(H,46,60)(H,53,54)(H,55,56)(H,57,58)/t39-/m0/s1. The van der Waals surface area contributed by atoms with Crippen molar-refractivity contribution in [1.29, 1.82) is 0 Å². The molecule has 0 aromatic heterocycles. The summed E-state index contributed by atoms with van der Waals surface area (Å²) < 4.78 is 56.3. The van der Waals surface area contributed by atoms with Gasteiger partial charge in [-0.1, -0.05) is 0 Å². The molecule has 0 unspecified atom stereocenters. The molecule has 3 rings (SSSR count). The zero-order valence-corrected chi connectivity index (χ0v) is 36.1. The van der Waals surface area contributed by atoms with Gasteiger partial charge in [-0.25, -0.2) is 0 Å². The topological polar surface area (TPSA) is 303 Å². The fraction of sp³-hybridized carbons (Fsp3) is 0.550. The van der Waals surface area contributed by atoms with Crippen LogP contribution in [0.3, 0.4) is 0 Å². The lowest BCUT2D eigenvalue weighted by atomic mass is 10.1. The van der Waals surface area contributed by atoms with Crippen molar-refractivity contribution >= 4 is 47.0 Å². The highest BCUT2D eigenvalue weighted by molar-refractivity contribution is 5.97. The van der Waals surface area contributed by atoms with Gasteiger partial charge in [0.25, 0.3) is 17.5 Å². The largest absolute Gasteiger partial charge is 0.490 e. The summed E-state index contributed by atoms with van der Waals surface area (Å²) in [6, 6.07) is 7.46. The van der Waals surface area contributed by atoms with Gasteiger partial charge < -0.3 is 50.6 Å². The molecule has 1 fully saturated rings. The first-order valence-corrected chi connectivity index (χ1v) is 20.5. The monoisotopic (exact) mass is 944 g/mol. The zero-order valence-electron chi connectivity index (χ0n) is 36.1. The van der Waals surface area contributed by atoms with Crippen LogP contribution in [0.15, 0.2) is 42.5 Å². The summed E-state index contributed by atoms with van der Waals surface area (Å²) in [5.74, 6) is -4.93. The summed E-state index contributed by atoms with van der Waals surface area (Å²) in [4.78, 5) is 88.9. The molecule has 3 amide bonds. The molecule has 0 spiro atoms. The molecule has 2 aromatic carbocycles. The second kappa shape index (κ2) is 26.8. The van der Waals surface area contributed by atoms with Gasteiger partial charge in [-0.2, -0.15) is 13.2 Å². The van der Waals surface area contributed by atoms with E-state index < -0.39 is 70.0 Å². The Bertz CT molecular complexity index is 1930. The minimum atomic E-state index is -5.08. The minimum absolute atomic E-state index is 0.0415. The van der Waals surface area contributed by atoms with Gasteiger partial charge in [-0.15, -0.1) is 0 Å². The summed E-state index contributed by atoms with van der Waals surface area (Å²) in [5, 5.41) is 57.2. The first-order valence-electron chi connectivity index (χ1n) is 20.5. The minimum Gasteiger partial charge on any atom is -0.490 e. The van der Waals surface area contributed by atoms with Gasteiger partial charge in [0, 0.05) is 82.8 Å². The highest BCUT2D eigenvalue weighted by Crippen LogP contribution is 2.37. The Morgan fingerprint density at radius 3 is 1.59 bits per heavy atom. The predicted molar refractivity (Wildman–Crippen MR) is 225 cm³/mol. The molecule has 23 nitrogen and oxygen atoms in total. The van der Waals surface area contributed by atoms with E-state index in [0.717, 1.165) is 13.0 Å². The molecule has 366 valence electrons. The van der Waals surface area contributed by atoms with E-state index in [0.29, 0.717) is 25.2 Å². The Hall–Kier alpha value is -6.03. The van der Waals surface area contributed by atoms with Gasteiger partial charge in [-0.3, -0.25) is 58.5 Å². The zero-order chi connectivity index (χ0) is 48.9. The molecule has 0 aliphatic carbocycles. The van der Waals surface area contributed by atoms with Crippen LogP contribution in [0, 0.1) is 10.1 Å². The van der Waals surface area contributed by atoms with Crippen LogP contribution in [0.2, 0.25) is 0 Å². The SMILES string of the molecule is C[C@](O)(COc1ccc(C(=O)NCCOCCOCCNC(=O)CN2CCN(CC(=O)O)CCN(CC(=O)O)CCN(CC(=O)O)CC2)cc1)C(=O)Nc1ccc([N+](=O)[O-])c(C(F)(F)F)c1. The van der Waals surface area contributed by atoms with E-state index in [4.69, 9.17) is 14.2 Å². The average Bonchev–Trinajstić information content (AvgIpc) is 3.23. The molecule has 0 bridgehead atoms. The molecule has 0 radical (unpaired) electrons. The van der Waals surface area contributed by atoms with Crippen LogP contribution in [-0.4, -0.2) is 211 Å². The molecule has 66 heavy (non-hydrogen) atoms. The number of aliphatic hydroxyl groups is 1. The first-order chi connectivity index (χ1) is 31.1. The van der Waals surface area contributed by atoms with Crippen molar-refractivity contribution in [2.24, 2.45) is 0 Å². The number of carboxylic acid groups (broad SMARTS) is 3. The molecule has 2 aromatic rings. The molecule has 0 saturated carbocycles. The fourth-order valence-corrected chi connectivity index (χ4v) is 6.23. The normalized spacial score (nSPS) is 15.9. The summed E-state index contributed by atoms with van der Waals surface area (Å²) in [5.41, 5.74) is -5.24. The average molecular weight is 945 g/mol. The van der Waals surface area contributed by atoms with Crippen LogP contribution in [0.25, 0.3) is 0 Å². The third-order valence-corrected chi connectivity index (χ3v) is 9.73. The third kappa shape index (κ3) is 20.4. The molecule has 1 saturated heterocycles. The number of amides is 3. The summed E-state index contributed by atoms with van der Waals surface area (Å²) in [6.07, 6.45) is -5.08. The Balaban J connectivity index is 1.33. The van der Waals surface area contributed by atoms with Crippen LogP contribution in [0.1, 0.15) is 22.8 Å². The number of hydrogen-bond acceptors (Lipinski definition) is 16. The summed E-state index contributed by atoms with van der Waals surface area (Å²) >= 11 is 0. The molecule has 1 aliphatic rings. The van der Waals surface area contributed by atoms with Gasteiger partial charge >= 0.3 is 24.1 Å². The maximum atomic E-state index is 13.3. The molecule has 1 heterocycles. The quantitative estimate of drug-likeness (QED) is 0.0405. The first kappa shape index (κ1) is 54.3. The van der Waals surface area contributed by atoms with Crippen molar-refractivity contribution in [2.75, 3.05) is 130 Å². The maximum absolute atomic E-state index is 13.3. The Morgan fingerprint density at radius 1 is 0.697 bits per heavy atom. The third-order valence-electron chi connectivity index (χ3n) is 9.73. The van der Waals surface area contributed by atoms with Gasteiger partial charge in [0.15, 0.2) is 5.60 Å². The lowest BCUT2D eigenvalue weighted by Crippen LogP contribution is -2.50. The van der Waals surface area contributed by atoms with Gasteiger partial charge in [-0.05, 0) is 43.3 Å². The fourth-order valence-electron chi connectivity index (χ4n) is 6.23. The van der Waals surface area contributed by atoms with Crippen LogP contribution in [0.5, 0.6) is 5.75 Å². The number of anilines is 1. The predicted octanol–water partition coefficient (Wildman–Crippen LogP) is -0.263. The Kier molecular flexibility index (Phi) is 22.1. The molecular weight excluding hydrogens is 889 g/mol. The number of benzene rings is 2. The number of halogens is 3. The number of nitro groups is 1. The lowest BCUT2D eigenvalue weighted by Gasteiger charge is -2.32. The number of nitrogens with one attached hydrogen (secondary N) is 3. The van der Waals surface area contributed by atoms with Crippen molar-refractivity contribution in [3.05, 3.63) is 63.7 Å². The highest BCUT2D eigenvalue weighted by Gasteiger charge is 2.39. The summed E-state index contributed by atoms with van der Waals surface area (Å²) in [6.45, 7) is 2.69. The van der Waals surface area contributed by atoms with E-state index in [-0.39, 0.29) is 122 Å². The Morgan fingerprint density at radius 2 is 1.15 bits per heavy atom. The van der Waals surface area contributed by atoms with Crippen LogP contribution < -0.4 is 20.7 Å². The number of nitrogens with zero attached hydrogens (tertiary/aromatic N) is 5. The van der Waals surface area contributed by atoms with Gasteiger partial charge in [0.05, 0.1) is 57.5 Å². The second-order valence-corrected chi connectivity index (χ2v) is 15.1. The van der Waals surface area contributed by atoms with Crippen molar-refractivity contribution in [3.8, 4) is 5.75 Å². The van der Waals surface area contributed by atoms with Crippen molar-refractivity contribution in [2.45, 2.75) is 18.7 Å². The van der Waals surface area contributed by atoms with Crippen LogP contribution in [-0.2, 0) is 39.6 Å². The van der Waals surface area contributed by atoms with E-state index in [1.807, 2.05) is 0 Å². The maximum Gasteiger partial charge on any atom is 0.423 e. The molecule has 1 aliphatic heterocycles. The van der Waals surface area contributed by atoms with Gasteiger partial charge in [0.1, 0.15) is 17.9 Å². The van der Waals surface area contributed by atoms with Gasteiger partial charge in [0.2, 0.25) is 5.91 Å². The number of carbonyl (C=O) groups is 6. The van der Waals surface area contributed by atoms with Crippen molar-refractivity contribution in [1.82, 2.24) is 30.2 Å². The molecule has 1 atom stereocenters. The van der Waals surface area contributed by atoms with Crippen LogP contribution in [0.4, 0.5) is 24.5 Å². The number of nitro benzene ring substituents is 1. The lowest BCUT2D eigenvalue weighted by molar-refractivity contribution is -0.388. The number of alkyl halides is 3. The summed E-state index contributed by atoms with van der Waals surface area (Å²) in [7, 11) is 0. The molecule has 26 heteroatoms. The van der Waals surface area contributed by atoms with Crippen LogP contribution >= 0.6 is 0 Å². The number of ether oxygens (including phenoxy) is 3.